The maximum atomic E-state index is 12.6. The molecule has 0 bridgehead atoms. The highest BCUT2D eigenvalue weighted by atomic mass is 32.2. The van der Waals surface area contributed by atoms with E-state index in [1.54, 1.807) is 11.8 Å². The smallest absolute Gasteiger partial charge is 0.238 e. The van der Waals surface area contributed by atoms with Gasteiger partial charge in [0, 0.05) is 16.8 Å². The molecule has 27 heavy (non-hydrogen) atoms. The van der Waals surface area contributed by atoms with Gasteiger partial charge in [-0.2, -0.15) is 0 Å². The highest BCUT2D eigenvalue weighted by molar-refractivity contribution is 8.00. The van der Waals surface area contributed by atoms with E-state index < -0.39 is 5.41 Å². The van der Waals surface area contributed by atoms with E-state index in [1.807, 2.05) is 63.8 Å². The number of carbonyl (C=O) groups excluding carboxylic acids is 2. The topological polar surface area (TPSA) is 49.4 Å². The quantitative estimate of drug-likeness (QED) is 0.806. The monoisotopic (exact) mass is 382 g/mol. The molecular formula is C22H26N2O2S. The van der Waals surface area contributed by atoms with Crippen molar-refractivity contribution in [2.24, 2.45) is 5.41 Å². The Morgan fingerprint density at radius 1 is 1.11 bits per heavy atom. The van der Waals surface area contributed by atoms with Gasteiger partial charge in [0.1, 0.15) is 5.37 Å². The summed E-state index contributed by atoms with van der Waals surface area (Å²) >= 11 is 1.62. The Kier molecular flexibility index (Phi) is 5.33. The minimum atomic E-state index is -0.459. The van der Waals surface area contributed by atoms with Crippen LogP contribution in [-0.4, -0.2) is 17.6 Å². The summed E-state index contributed by atoms with van der Waals surface area (Å²) in [7, 11) is 0. The van der Waals surface area contributed by atoms with Gasteiger partial charge in [0.2, 0.25) is 11.8 Å². The SMILES string of the molecule is Cc1cc(C)cc(N2C(=O)CSC2c2cccc(NC(=O)C(C)(C)C)c2)c1. The standard InChI is InChI=1S/C22H26N2O2S/c1-14-9-15(2)11-18(10-14)24-19(25)13-27-20(24)16-7-6-8-17(12-16)23-21(26)22(3,4)5/h6-12,20H,13H2,1-5H3,(H,23,26). The number of carbonyl (C=O) groups is 2. The van der Waals surface area contributed by atoms with Gasteiger partial charge in [-0.15, -0.1) is 11.8 Å². The zero-order chi connectivity index (χ0) is 19.8. The first-order chi connectivity index (χ1) is 12.6. The van der Waals surface area contributed by atoms with E-state index in [1.165, 1.54) is 0 Å². The minimum Gasteiger partial charge on any atom is -0.326 e. The van der Waals surface area contributed by atoms with Crippen LogP contribution in [0.2, 0.25) is 0 Å². The van der Waals surface area contributed by atoms with E-state index in [9.17, 15) is 9.59 Å². The van der Waals surface area contributed by atoms with E-state index >= 15 is 0 Å². The van der Waals surface area contributed by atoms with Crippen LogP contribution in [0.25, 0.3) is 0 Å². The third-order valence-electron chi connectivity index (χ3n) is 4.46. The van der Waals surface area contributed by atoms with Crippen LogP contribution in [0, 0.1) is 19.3 Å². The van der Waals surface area contributed by atoms with Gasteiger partial charge in [0.25, 0.3) is 0 Å². The van der Waals surface area contributed by atoms with Crippen LogP contribution in [0.1, 0.15) is 42.8 Å². The van der Waals surface area contributed by atoms with Crippen LogP contribution in [0.15, 0.2) is 42.5 Å². The normalized spacial score (nSPS) is 17.3. The molecule has 1 unspecified atom stereocenters. The van der Waals surface area contributed by atoms with Crippen LogP contribution in [-0.2, 0) is 9.59 Å². The van der Waals surface area contributed by atoms with E-state index in [0.29, 0.717) is 5.75 Å². The fourth-order valence-corrected chi connectivity index (χ4v) is 4.30. The lowest BCUT2D eigenvalue weighted by Gasteiger charge is -2.26. The predicted octanol–water partition coefficient (Wildman–Crippen LogP) is 5.07. The zero-order valence-corrected chi connectivity index (χ0v) is 17.3. The molecule has 1 atom stereocenters. The Morgan fingerprint density at radius 3 is 2.41 bits per heavy atom. The highest BCUT2D eigenvalue weighted by Gasteiger charge is 2.34. The molecule has 142 valence electrons. The van der Waals surface area contributed by atoms with Crippen LogP contribution in [0.4, 0.5) is 11.4 Å². The van der Waals surface area contributed by atoms with Crippen molar-refractivity contribution >= 4 is 35.0 Å². The van der Waals surface area contributed by atoms with E-state index in [-0.39, 0.29) is 17.2 Å². The molecule has 0 aliphatic carbocycles. The first kappa shape index (κ1) is 19.5. The molecule has 3 rings (SSSR count). The second kappa shape index (κ2) is 7.39. The number of amides is 2. The van der Waals surface area contributed by atoms with Crippen molar-refractivity contribution in [3.8, 4) is 0 Å². The number of hydrogen-bond acceptors (Lipinski definition) is 3. The van der Waals surface area contributed by atoms with Gasteiger partial charge in [0.15, 0.2) is 0 Å². The molecular weight excluding hydrogens is 356 g/mol. The minimum absolute atomic E-state index is 0.0269. The summed E-state index contributed by atoms with van der Waals surface area (Å²) < 4.78 is 0. The van der Waals surface area contributed by atoms with Crippen LogP contribution in [0.3, 0.4) is 0 Å². The van der Waals surface area contributed by atoms with Crippen molar-refractivity contribution in [1.82, 2.24) is 0 Å². The van der Waals surface area contributed by atoms with Crippen molar-refractivity contribution in [3.05, 3.63) is 59.2 Å². The van der Waals surface area contributed by atoms with Crippen molar-refractivity contribution in [1.29, 1.82) is 0 Å². The number of anilines is 2. The van der Waals surface area contributed by atoms with Crippen LogP contribution < -0.4 is 10.2 Å². The molecule has 0 saturated carbocycles. The van der Waals surface area contributed by atoms with Gasteiger partial charge in [-0.25, -0.2) is 0 Å². The molecule has 1 aliphatic heterocycles. The average Bonchev–Trinajstić information content (AvgIpc) is 2.95. The molecule has 5 heteroatoms. The Balaban J connectivity index is 1.92. The van der Waals surface area contributed by atoms with Gasteiger partial charge < -0.3 is 5.32 Å². The number of rotatable bonds is 3. The fourth-order valence-electron chi connectivity index (χ4n) is 3.13. The molecule has 0 aromatic heterocycles. The fraction of sp³-hybridized carbons (Fsp3) is 0.364. The number of nitrogens with one attached hydrogen (secondary N) is 1. The molecule has 0 radical (unpaired) electrons. The van der Waals surface area contributed by atoms with Gasteiger partial charge in [-0.3, -0.25) is 14.5 Å². The molecule has 1 fully saturated rings. The van der Waals surface area contributed by atoms with Crippen LogP contribution in [0.5, 0.6) is 0 Å². The number of nitrogens with zero attached hydrogens (tertiary/aromatic N) is 1. The Labute approximate surface area is 165 Å². The Hall–Kier alpha value is -2.27. The molecule has 1 aliphatic rings. The average molecular weight is 383 g/mol. The number of hydrogen-bond donors (Lipinski definition) is 1. The molecule has 1 saturated heterocycles. The number of thioether (sulfide) groups is 1. The summed E-state index contributed by atoms with van der Waals surface area (Å²) in [5.74, 6) is 0.538. The van der Waals surface area contributed by atoms with Crippen molar-refractivity contribution in [2.45, 2.75) is 40.0 Å². The first-order valence-electron chi connectivity index (χ1n) is 9.08. The Morgan fingerprint density at radius 2 is 1.78 bits per heavy atom. The largest absolute Gasteiger partial charge is 0.326 e. The summed E-state index contributed by atoms with van der Waals surface area (Å²) in [4.78, 5) is 26.8. The molecule has 2 amide bonds. The van der Waals surface area contributed by atoms with Gasteiger partial charge in [-0.05, 0) is 54.8 Å². The third kappa shape index (κ3) is 4.35. The predicted molar refractivity (Wildman–Crippen MR) is 113 cm³/mol. The molecule has 2 aromatic carbocycles. The number of aryl methyl sites for hydroxylation is 2. The maximum absolute atomic E-state index is 12.6. The Bertz CT molecular complexity index is 866. The molecule has 1 N–H and O–H groups in total. The summed E-state index contributed by atoms with van der Waals surface area (Å²) in [6.45, 7) is 9.75. The lowest BCUT2D eigenvalue weighted by Crippen LogP contribution is -2.29. The van der Waals surface area contributed by atoms with E-state index in [4.69, 9.17) is 0 Å². The van der Waals surface area contributed by atoms with E-state index in [0.717, 1.165) is 28.1 Å². The molecule has 1 heterocycles. The van der Waals surface area contributed by atoms with Crippen molar-refractivity contribution < 1.29 is 9.59 Å². The van der Waals surface area contributed by atoms with E-state index in [2.05, 4.69) is 23.5 Å². The third-order valence-corrected chi connectivity index (χ3v) is 5.68. The highest BCUT2D eigenvalue weighted by Crippen LogP contribution is 2.42. The summed E-state index contributed by atoms with van der Waals surface area (Å²) in [5.41, 5.74) is 4.51. The second-order valence-electron chi connectivity index (χ2n) is 8.10. The zero-order valence-electron chi connectivity index (χ0n) is 16.5. The maximum Gasteiger partial charge on any atom is 0.238 e. The second-order valence-corrected chi connectivity index (χ2v) is 9.17. The summed E-state index contributed by atoms with van der Waals surface area (Å²) in [5, 5.41) is 2.89. The molecule has 4 nitrogen and oxygen atoms in total. The molecule has 2 aromatic rings. The van der Waals surface area contributed by atoms with Crippen LogP contribution >= 0.6 is 11.8 Å². The lowest BCUT2D eigenvalue weighted by atomic mass is 9.95. The summed E-state index contributed by atoms with van der Waals surface area (Å²) in [6, 6.07) is 14.0. The van der Waals surface area contributed by atoms with Crippen molar-refractivity contribution in [2.75, 3.05) is 16.0 Å². The molecule has 0 spiro atoms. The number of benzene rings is 2. The van der Waals surface area contributed by atoms with Gasteiger partial charge in [0.05, 0.1) is 5.75 Å². The van der Waals surface area contributed by atoms with Gasteiger partial charge >= 0.3 is 0 Å². The lowest BCUT2D eigenvalue weighted by molar-refractivity contribution is -0.123. The summed E-state index contributed by atoms with van der Waals surface area (Å²) in [6.07, 6.45) is 0. The van der Waals surface area contributed by atoms with Crippen molar-refractivity contribution in [3.63, 3.8) is 0 Å². The van der Waals surface area contributed by atoms with Gasteiger partial charge in [-0.1, -0.05) is 39.0 Å². The first-order valence-corrected chi connectivity index (χ1v) is 10.1.